The van der Waals surface area contributed by atoms with Gasteiger partial charge in [-0.3, -0.25) is 19.5 Å². The predicted octanol–water partition coefficient (Wildman–Crippen LogP) is 4.98. The number of hydrogen-bond acceptors (Lipinski definition) is 6. The van der Waals surface area contributed by atoms with E-state index in [1.807, 2.05) is 18.7 Å². The van der Waals surface area contributed by atoms with Crippen LogP contribution in [0.5, 0.6) is 11.5 Å². The zero-order chi connectivity index (χ0) is 28.7. The number of carbonyl (C=O) groups is 2. The van der Waals surface area contributed by atoms with Crippen molar-refractivity contribution in [3.8, 4) is 17.2 Å². The lowest BCUT2D eigenvalue weighted by Crippen LogP contribution is -2.38. The minimum atomic E-state index is -0.549. The highest BCUT2D eigenvalue weighted by atomic mass is 35.5. The van der Waals surface area contributed by atoms with E-state index in [-0.39, 0.29) is 22.8 Å². The average Bonchev–Trinajstić information content (AvgIpc) is 3.41. The van der Waals surface area contributed by atoms with Crippen molar-refractivity contribution in [2.24, 2.45) is 5.92 Å². The molecular formula is C30H33ClN4O5. The number of amides is 2. The maximum Gasteiger partial charge on any atom is 0.282 e. The molecule has 2 amide bonds. The molecule has 9 nitrogen and oxygen atoms in total. The van der Waals surface area contributed by atoms with Crippen LogP contribution in [0.2, 0.25) is 5.02 Å². The molecule has 0 atom stereocenters. The summed E-state index contributed by atoms with van der Waals surface area (Å²) in [5.41, 5.74) is 1.67. The number of ether oxygens (including phenoxy) is 2. The highest BCUT2D eigenvalue weighted by Crippen LogP contribution is 2.40. The highest BCUT2D eigenvalue weighted by molar-refractivity contribution is 6.45. The zero-order valence-electron chi connectivity index (χ0n) is 23.3. The summed E-state index contributed by atoms with van der Waals surface area (Å²) < 4.78 is 12.2. The van der Waals surface area contributed by atoms with Crippen LogP contribution in [0.15, 0.2) is 53.0 Å². The number of rotatable bonds is 7. The third-order valence-corrected chi connectivity index (χ3v) is 7.87. The first-order chi connectivity index (χ1) is 19.2. The largest absolute Gasteiger partial charge is 0.493 e. The van der Waals surface area contributed by atoms with Gasteiger partial charge in [-0.15, -0.1) is 0 Å². The van der Waals surface area contributed by atoms with Gasteiger partial charge in [-0.05, 0) is 61.1 Å². The summed E-state index contributed by atoms with van der Waals surface area (Å²) in [4.78, 5) is 45.6. The fourth-order valence-electron chi connectivity index (χ4n) is 5.35. The molecule has 3 aromatic rings. The van der Waals surface area contributed by atoms with E-state index in [0.717, 1.165) is 17.7 Å². The van der Waals surface area contributed by atoms with Crippen LogP contribution in [0.25, 0.3) is 11.3 Å². The highest BCUT2D eigenvalue weighted by Gasteiger charge is 2.45. The lowest BCUT2D eigenvalue weighted by molar-refractivity contribution is -0.120. The second-order valence-electron chi connectivity index (χ2n) is 10.6. The monoisotopic (exact) mass is 564 g/mol. The standard InChI is InChI=1S/C30H33ClN4O5/c1-17(2)26-24(29(37)35(32-26)20-8-6-19(31)7-9-20)25-27(33-14-12-18(3)13-15-33)30(38)34(28(25)36)21-10-11-22(39-4)23(16-21)40-5/h6-11,16-18,32H,12-15H2,1-5H3. The first-order valence-corrected chi connectivity index (χ1v) is 13.7. The molecule has 0 radical (unpaired) electrons. The smallest absolute Gasteiger partial charge is 0.282 e. The van der Waals surface area contributed by atoms with Crippen LogP contribution in [-0.2, 0) is 9.59 Å². The zero-order valence-corrected chi connectivity index (χ0v) is 24.0. The maximum atomic E-state index is 14.3. The Morgan fingerprint density at radius 1 is 0.900 bits per heavy atom. The number of anilines is 1. The van der Waals surface area contributed by atoms with Gasteiger partial charge in [0.15, 0.2) is 11.5 Å². The van der Waals surface area contributed by atoms with Gasteiger partial charge >= 0.3 is 0 Å². The molecule has 0 aliphatic carbocycles. The van der Waals surface area contributed by atoms with Crippen molar-refractivity contribution in [2.75, 3.05) is 32.2 Å². The van der Waals surface area contributed by atoms with Crippen LogP contribution in [0.1, 0.15) is 50.8 Å². The molecule has 5 rings (SSSR count). The van der Waals surface area contributed by atoms with Gasteiger partial charge in [-0.1, -0.05) is 32.4 Å². The number of nitrogens with zero attached hydrogens (tertiary/aromatic N) is 3. The third kappa shape index (κ3) is 4.68. The molecule has 2 aliphatic rings. The molecule has 1 N–H and O–H groups in total. The van der Waals surface area contributed by atoms with Gasteiger partial charge in [0.1, 0.15) is 5.70 Å². The van der Waals surface area contributed by atoms with Gasteiger partial charge in [0.05, 0.1) is 36.7 Å². The Kier molecular flexibility index (Phi) is 7.51. The molecule has 3 heterocycles. The molecule has 0 spiro atoms. The minimum absolute atomic E-state index is 0.118. The summed E-state index contributed by atoms with van der Waals surface area (Å²) in [7, 11) is 3.01. The summed E-state index contributed by atoms with van der Waals surface area (Å²) in [6, 6.07) is 11.7. The summed E-state index contributed by atoms with van der Waals surface area (Å²) in [5, 5.41) is 3.75. The van der Waals surface area contributed by atoms with E-state index < -0.39 is 17.4 Å². The van der Waals surface area contributed by atoms with E-state index in [1.54, 1.807) is 42.5 Å². The number of likely N-dealkylation sites (tertiary alicyclic amines) is 1. The normalized spacial score (nSPS) is 16.5. The SMILES string of the molecule is COc1ccc(N2C(=O)C(c3c(C(C)C)[nH]n(-c4ccc(Cl)cc4)c3=O)=C(N3CCC(C)CC3)C2=O)cc1OC. The lowest BCUT2D eigenvalue weighted by Gasteiger charge is -2.32. The fraction of sp³-hybridized carbons (Fsp3) is 0.367. The maximum absolute atomic E-state index is 14.3. The van der Waals surface area contributed by atoms with Crippen LogP contribution in [-0.4, -0.2) is 53.8 Å². The van der Waals surface area contributed by atoms with E-state index in [1.165, 1.54) is 18.9 Å². The van der Waals surface area contributed by atoms with E-state index in [2.05, 4.69) is 12.0 Å². The lowest BCUT2D eigenvalue weighted by atomic mass is 9.95. The number of aromatic nitrogens is 2. The van der Waals surface area contributed by atoms with E-state index >= 15 is 0 Å². The topological polar surface area (TPSA) is 96.9 Å². The average molecular weight is 565 g/mol. The Labute approximate surface area is 237 Å². The van der Waals surface area contributed by atoms with Crippen LogP contribution in [0.3, 0.4) is 0 Å². The molecule has 0 bridgehead atoms. The number of aromatic amines is 1. The van der Waals surface area contributed by atoms with Crippen LogP contribution in [0.4, 0.5) is 5.69 Å². The van der Waals surface area contributed by atoms with Crippen molar-refractivity contribution < 1.29 is 19.1 Å². The van der Waals surface area contributed by atoms with Gasteiger partial charge in [0, 0.05) is 29.9 Å². The number of nitrogens with one attached hydrogen (secondary N) is 1. The first kappa shape index (κ1) is 27.6. The van der Waals surface area contributed by atoms with Crippen molar-refractivity contribution in [1.29, 1.82) is 0 Å². The fourth-order valence-corrected chi connectivity index (χ4v) is 5.48. The number of imide groups is 1. The molecule has 10 heteroatoms. The Hall–Kier alpha value is -3.98. The Morgan fingerprint density at radius 2 is 1.52 bits per heavy atom. The van der Waals surface area contributed by atoms with Crippen LogP contribution < -0.4 is 19.9 Å². The molecule has 210 valence electrons. The second kappa shape index (κ2) is 10.9. The number of benzene rings is 2. The molecule has 1 aromatic heterocycles. The van der Waals surface area contributed by atoms with Crippen LogP contribution >= 0.6 is 11.6 Å². The number of methoxy groups -OCH3 is 2. The van der Waals surface area contributed by atoms with Gasteiger partial charge in [0.25, 0.3) is 17.4 Å². The van der Waals surface area contributed by atoms with Gasteiger partial charge < -0.3 is 14.4 Å². The molecule has 2 aliphatic heterocycles. The number of piperidine rings is 1. The van der Waals surface area contributed by atoms with E-state index in [0.29, 0.717) is 52.6 Å². The number of halogens is 1. The quantitative estimate of drug-likeness (QED) is 0.407. The summed E-state index contributed by atoms with van der Waals surface area (Å²) in [6.45, 7) is 7.30. The number of hydrogen-bond donors (Lipinski definition) is 1. The predicted molar refractivity (Wildman–Crippen MR) is 154 cm³/mol. The molecule has 2 aromatic carbocycles. The van der Waals surface area contributed by atoms with Crippen molar-refractivity contribution in [2.45, 2.75) is 39.5 Å². The Morgan fingerprint density at radius 3 is 2.12 bits per heavy atom. The van der Waals surface area contributed by atoms with Crippen molar-refractivity contribution >= 4 is 34.7 Å². The molecular weight excluding hydrogens is 532 g/mol. The second-order valence-corrected chi connectivity index (χ2v) is 11.0. The summed E-state index contributed by atoms with van der Waals surface area (Å²) >= 11 is 6.08. The number of carbonyl (C=O) groups excluding carboxylic acids is 2. The molecule has 40 heavy (non-hydrogen) atoms. The third-order valence-electron chi connectivity index (χ3n) is 7.62. The van der Waals surface area contributed by atoms with Gasteiger partial charge in [-0.2, -0.15) is 0 Å². The van der Waals surface area contributed by atoms with E-state index in [9.17, 15) is 14.4 Å². The van der Waals surface area contributed by atoms with Gasteiger partial charge in [0.2, 0.25) is 0 Å². The Bertz CT molecular complexity index is 1540. The Balaban J connectivity index is 1.71. The molecule has 1 fully saturated rings. The summed E-state index contributed by atoms with van der Waals surface area (Å²) in [5.74, 6) is 0.223. The van der Waals surface area contributed by atoms with Gasteiger partial charge in [-0.25, -0.2) is 9.58 Å². The molecule has 1 saturated heterocycles. The van der Waals surface area contributed by atoms with Crippen molar-refractivity contribution in [3.63, 3.8) is 0 Å². The number of H-pyrrole nitrogens is 1. The first-order valence-electron chi connectivity index (χ1n) is 13.4. The van der Waals surface area contributed by atoms with E-state index in [4.69, 9.17) is 21.1 Å². The van der Waals surface area contributed by atoms with Crippen molar-refractivity contribution in [3.05, 3.63) is 74.8 Å². The summed E-state index contributed by atoms with van der Waals surface area (Å²) in [6.07, 6.45) is 1.77. The van der Waals surface area contributed by atoms with Crippen molar-refractivity contribution in [1.82, 2.24) is 14.7 Å². The molecule has 0 saturated carbocycles. The van der Waals surface area contributed by atoms with Crippen LogP contribution in [0, 0.1) is 5.92 Å². The minimum Gasteiger partial charge on any atom is -0.493 e. The molecule has 0 unspecified atom stereocenters.